The lowest BCUT2D eigenvalue weighted by atomic mass is 10.0. The molecule has 0 spiro atoms. The van der Waals surface area contributed by atoms with Gasteiger partial charge in [-0.05, 0) is 51.0 Å². The van der Waals surface area contributed by atoms with Crippen LogP contribution in [0.5, 0.6) is 5.75 Å². The van der Waals surface area contributed by atoms with E-state index < -0.39 is 0 Å². The molecule has 148 valence electrons. The maximum absolute atomic E-state index is 12.1. The van der Waals surface area contributed by atoms with Crippen LogP contribution in [0.15, 0.2) is 41.4 Å². The second-order valence-corrected chi connectivity index (χ2v) is 6.94. The monoisotopic (exact) mass is 373 g/mol. The predicted molar refractivity (Wildman–Crippen MR) is 110 cm³/mol. The number of phenols is 1. The standard InChI is InChI=1S/C20H31N5O2/c1-4-21-20(24-17-9-11-25(12-10-17)14-15(2)3)22-13-19(27)23-16-5-7-18(26)8-6-16/h5-8,17,26H,2,4,9-14H2,1,3H3,(H,23,27)(H2,21,22,24). The van der Waals surface area contributed by atoms with Gasteiger partial charge in [-0.15, -0.1) is 0 Å². The van der Waals surface area contributed by atoms with Crippen LogP contribution in [-0.4, -0.2) is 60.6 Å². The zero-order valence-electron chi connectivity index (χ0n) is 16.3. The fourth-order valence-electron chi connectivity index (χ4n) is 3.03. The molecule has 0 bridgehead atoms. The largest absolute Gasteiger partial charge is 0.508 e. The average Bonchev–Trinajstić information content (AvgIpc) is 2.63. The van der Waals surface area contributed by atoms with Crippen molar-refractivity contribution >= 4 is 17.6 Å². The number of nitrogens with zero attached hydrogens (tertiary/aromatic N) is 2. The van der Waals surface area contributed by atoms with Crippen molar-refractivity contribution in [1.82, 2.24) is 15.5 Å². The Balaban J connectivity index is 1.82. The van der Waals surface area contributed by atoms with Crippen molar-refractivity contribution in [1.29, 1.82) is 0 Å². The first kappa shape index (κ1) is 20.8. The molecule has 7 nitrogen and oxygen atoms in total. The van der Waals surface area contributed by atoms with Gasteiger partial charge in [-0.3, -0.25) is 9.69 Å². The van der Waals surface area contributed by atoms with Crippen molar-refractivity contribution in [2.75, 3.05) is 38.0 Å². The molecule has 0 radical (unpaired) electrons. The fraction of sp³-hybridized carbons (Fsp3) is 0.500. The van der Waals surface area contributed by atoms with Gasteiger partial charge in [0.05, 0.1) is 0 Å². The van der Waals surface area contributed by atoms with Gasteiger partial charge in [0.25, 0.3) is 0 Å². The van der Waals surface area contributed by atoms with Gasteiger partial charge in [0.1, 0.15) is 12.3 Å². The molecule has 1 aliphatic rings. The summed E-state index contributed by atoms with van der Waals surface area (Å²) in [7, 11) is 0. The summed E-state index contributed by atoms with van der Waals surface area (Å²) in [6, 6.07) is 6.72. The lowest BCUT2D eigenvalue weighted by Gasteiger charge is -2.33. The number of likely N-dealkylation sites (tertiary alicyclic amines) is 1. The van der Waals surface area contributed by atoms with Gasteiger partial charge in [0.15, 0.2) is 5.96 Å². The number of guanidine groups is 1. The minimum Gasteiger partial charge on any atom is -0.508 e. The van der Waals surface area contributed by atoms with Crippen LogP contribution in [0.4, 0.5) is 5.69 Å². The first-order chi connectivity index (χ1) is 13.0. The summed E-state index contributed by atoms with van der Waals surface area (Å²) in [4.78, 5) is 18.9. The third-order valence-electron chi connectivity index (χ3n) is 4.30. The first-order valence-electron chi connectivity index (χ1n) is 9.46. The Morgan fingerprint density at radius 1 is 1.30 bits per heavy atom. The predicted octanol–water partition coefficient (Wildman–Crippen LogP) is 1.93. The van der Waals surface area contributed by atoms with Crippen molar-refractivity contribution in [2.24, 2.45) is 4.99 Å². The van der Waals surface area contributed by atoms with Crippen LogP contribution in [0.2, 0.25) is 0 Å². The van der Waals surface area contributed by atoms with Crippen molar-refractivity contribution in [3.8, 4) is 5.75 Å². The van der Waals surface area contributed by atoms with Gasteiger partial charge in [-0.2, -0.15) is 0 Å². The zero-order valence-corrected chi connectivity index (χ0v) is 16.3. The summed E-state index contributed by atoms with van der Waals surface area (Å²) in [6.07, 6.45) is 2.08. The molecule has 4 N–H and O–H groups in total. The summed E-state index contributed by atoms with van der Waals surface area (Å²) in [5, 5.41) is 18.7. The summed E-state index contributed by atoms with van der Waals surface area (Å²) in [6.45, 7) is 11.8. The Bertz CT molecular complexity index is 649. The molecule has 1 fully saturated rings. The van der Waals surface area contributed by atoms with E-state index in [9.17, 15) is 9.90 Å². The third-order valence-corrected chi connectivity index (χ3v) is 4.30. The Morgan fingerprint density at radius 2 is 1.96 bits per heavy atom. The summed E-state index contributed by atoms with van der Waals surface area (Å²) in [5.41, 5.74) is 1.83. The lowest BCUT2D eigenvalue weighted by molar-refractivity contribution is -0.114. The minimum absolute atomic E-state index is 0.0325. The highest BCUT2D eigenvalue weighted by Gasteiger charge is 2.19. The maximum Gasteiger partial charge on any atom is 0.246 e. The Hall–Kier alpha value is -2.54. The molecule has 1 saturated heterocycles. The number of aliphatic imine (C=N–C) groups is 1. The average molecular weight is 374 g/mol. The summed E-state index contributed by atoms with van der Waals surface area (Å²) >= 11 is 0. The van der Waals surface area contributed by atoms with Crippen LogP contribution in [0, 0.1) is 0 Å². The number of piperidine rings is 1. The molecular formula is C20H31N5O2. The number of aromatic hydroxyl groups is 1. The van der Waals surface area contributed by atoms with E-state index in [0.717, 1.165) is 39.0 Å². The molecule has 1 heterocycles. The van der Waals surface area contributed by atoms with E-state index in [1.54, 1.807) is 12.1 Å². The highest BCUT2D eigenvalue weighted by atomic mass is 16.3. The topological polar surface area (TPSA) is 89.0 Å². The van der Waals surface area contributed by atoms with Gasteiger partial charge in [-0.1, -0.05) is 12.2 Å². The molecule has 0 aromatic heterocycles. The number of hydrogen-bond donors (Lipinski definition) is 4. The van der Waals surface area contributed by atoms with Gasteiger partial charge >= 0.3 is 0 Å². The van der Waals surface area contributed by atoms with Crippen LogP contribution in [0.3, 0.4) is 0 Å². The highest BCUT2D eigenvalue weighted by Crippen LogP contribution is 2.13. The van der Waals surface area contributed by atoms with Crippen molar-refractivity contribution in [2.45, 2.75) is 32.7 Å². The molecular weight excluding hydrogens is 342 g/mol. The number of carbonyl (C=O) groups is 1. The number of anilines is 1. The van der Waals surface area contributed by atoms with Crippen LogP contribution >= 0.6 is 0 Å². The minimum atomic E-state index is -0.200. The van der Waals surface area contributed by atoms with E-state index in [4.69, 9.17) is 0 Å². The van der Waals surface area contributed by atoms with E-state index >= 15 is 0 Å². The number of phenolic OH excluding ortho intramolecular Hbond substituents is 1. The lowest BCUT2D eigenvalue weighted by Crippen LogP contribution is -2.49. The van der Waals surface area contributed by atoms with Crippen LogP contribution in [-0.2, 0) is 4.79 Å². The van der Waals surface area contributed by atoms with Gasteiger partial charge in [0, 0.05) is 37.9 Å². The van der Waals surface area contributed by atoms with Gasteiger partial charge in [-0.25, -0.2) is 4.99 Å². The van der Waals surface area contributed by atoms with Crippen LogP contribution in [0.25, 0.3) is 0 Å². The third kappa shape index (κ3) is 7.70. The number of hydrogen-bond acceptors (Lipinski definition) is 4. The Kier molecular flexibility index (Phi) is 8.13. The smallest absolute Gasteiger partial charge is 0.246 e. The first-order valence-corrected chi connectivity index (χ1v) is 9.46. The Morgan fingerprint density at radius 3 is 2.56 bits per heavy atom. The number of nitrogens with one attached hydrogen (secondary N) is 3. The molecule has 0 atom stereocenters. The second kappa shape index (κ2) is 10.6. The molecule has 27 heavy (non-hydrogen) atoms. The molecule has 1 aromatic rings. The number of carbonyl (C=O) groups excluding carboxylic acids is 1. The quantitative estimate of drug-likeness (QED) is 0.254. The molecule has 1 aromatic carbocycles. The summed E-state index contributed by atoms with van der Waals surface area (Å²) in [5.74, 6) is 0.629. The van der Waals surface area contributed by atoms with Crippen molar-refractivity contribution in [3.63, 3.8) is 0 Å². The Labute approximate surface area is 161 Å². The van der Waals surface area contributed by atoms with Crippen molar-refractivity contribution in [3.05, 3.63) is 36.4 Å². The normalized spacial score (nSPS) is 16.0. The van der Waals surface area contributed by atoms with E-state index in [1.807, 2.05) is 6.92 Å². The SMILES string of the molecule is C=C(C)CN1CCC(NC(=NCC(=O)Nc2ccc(O)cc2)NCC)CC1. The molecule has 0 unspecified atom stereocenters. The van der Waals surface area contributed by atoms with E-state index in [-0.39, 0.29) is 18.2 Å². The molecule has 0 saturated carbocycles. The molecule has 7 heteroatoms. The van der Waals surface area contributed by atoms with Crippen LogP contribution in [0.1, 0.15) is 26.7 Å². The number of amides is 1. The van der Waals surface area contributed by atoms with E-state index in [1.165, 1.54) is 17.7 Å². The molecule has 2 rings (SSSR count). The van der Waals surface area contributed by atoms with E-state index in [2.05, 4.69) is 39.3 Å². The number of benzene rings is 1. The van der Waals surface area contributed by atoms with Gasteiger partial charge < -0.3 is 21.1 Å². The highest BCUT2D eigenvalue weighted by molar-refractivity contribution is 5.94. The van der Waals surface area contributed by atoms with Crippen LogP contribution < -0.4 is 16.0 Å². The molecule has 1 aliphatic heterocycles. The van der Waals surface area contributed by atoms with E-state index in [0.29, 0.717) is 17.7 Å². The van der Waals surface area contributed by atoms with Crippen molar-refractivity contribution < 1.29 is 9.90 Å². The number of rotatable bonds is 7. The van der Waals surface area contributed by atoms with Gasteiger partial charge in [0.2, 0.25) is 5.91 Å². The summed E-state index contributed by atoms with van der Waals surface area (Å²) < 4.78 is 0. The fourth-order valence-corrected chi connectivity index (χ4v) is 3.03. The maximum atomic E-state index is 12.1. The molecule has 1 amide bonds. The second-order valence-electron chi connectivity index (χ2n) is 6.94. The molecule has 0 aliphatic carbocycles. The zero-order chi connectivity index (χ0) is 19.6.